The van der Waals surface area contributed by atoms with Gasteiger partial charge in [-0.3, -0.25) is 19.4 Å². The van der Waals surface area contributed by atoms with Gasteiger partial charge in [0, 0.05) is 6.54 Å². The van der Waals surface area contributed by atoms with E-state index in [9.17, 15) is 29.4 Å². The first-order chi connectivity index (χ1) is 16.0. The van der Waals surface area contributed by atoms with Crippen molar-refractivity contribution in [2.75, 3.05) is 25.2 Å². The number of nitrogens with zero attached hydrogens (tertiary/aromatic N) is 1. The molecule has 0 aromatic heterocycles. The lowest BCUT2D eigenvalue weighted by molar-refractivity contribution is -0.144. The van der Waals surface area contributed by atoms with Gasteiger partial charge in [-0.2, -0.15) is 11.8 Å². The molecule has 0 spiro atoms. The number of carbonyl (C=O) groups excluding carboxylic acids is 3. The largest absolute Gasteiger partial charge is 0.480 e. The number of guanidine groups is 1. The number of aliphatic imine (C=N–C) groups is 1. The SMILES string of the molecule is CCC(C)C(NC(=O)C(CO)NC(=O)C(CCSC)NC(=O)C(N)CCCN=C(N)N)C(=O)O. The summed E-state index contributed by atoms with van der Waals surface area (Å²) in [5.74, 6) is -3.20. The lowest BCUT2D eigenvalue weighted by Crippen LogP contribution is -2.58. The van der Waals surface area contributed by atoms with Crippen LogP contribution in [-0.2, 0) is 19.2 Å². The van der Waals surface area contributed by atoms with Crippen molar-refractivity contribution in [1.29, 1.82) is 0 Å². The molecular weight excluding hydrogens is 466 g/mol. The van der Waals surface area contributed by atoms with Crippen LogP contribution in [0.15, 0.2) is 4.99 Å². The minimum absolute atomic E-state index is 0.0619. The number of carbonyl (C=O) groups is 4. The van der Waals surface area contributed by atoms with Crippen molar-refractivity contribution in [3.8, 4) is 0 Å². The van der Waals surface area contributed by atoms with Gasteiger partial charge < -0.3 is 43.4 Å². The molecule has 3 amide bonds. The molecule has 0 radical (unpaired) electrons. The second kappa shape index (κ2) is 16.9. The Hall–Kier alpha value is -2.58. The molecule has 0 aromatic carbocycles. The Balaban J connectivity index is 5.15. The van der Waals surface area contributed by atoms with Gasteiger partial charge in [-0.05, 0) is 37.2 Å². The van der Waals surface area contributed by atoms with Crippen LogP contribution in [0.1, 0.15) is 39.5 Å². The Morgan fingerprint density at radius 3 is 2.09 bits per heavy atom. The van der Waals surface area contributed by atoms with Gasteiger partial charge in [-0.1, -0.05) is 20.3 Å². The minimum atomic E-state index is -1.39. The molecule has 11 N–H and O–H groups in total. The number of thioether (sulfide) groups is 1. The third-order valence-electron chi connectivity index (χ3n) is 5.14. The maximum atomic E-state index is 12.8. The monoisotopic (exact) mass is 505 g/mol. The fraction of sp³-hybridized carbons (Fsp3) is 0.750. The number of nitrogens with one attached hydrogen (secondary N) is 3. The van der Waals surface area contributed by atoms with E-state index in [1.165, 1.54) is 11.8 Å². The summed E-state index contributed by atoms with van der Waals surface area (Å²) >= 11 is 1.46. The highest BCUT2D eigenvalue weighted by molar-refractivity contribution is 7.98. The van der Waals surface area contributed by atoms with Crippen LogP contribution >= 0.6 is 11.8 Å². The topological polar surface area (TPSA) is 235 Å². The highest BCUT2D eigenvalue weighted by atomic mass is 32.2. The molecule has 14 heteroatoms. The quantitative estimate of drug-likeness (QED) is 0.0597. The predicted molar refractivity (Wildman–Crippen MR) is 131 cm³/mol. The van der Waals surface area contributed by atoms with Crippen LogP contribution in [-0.4, -0.2) is 89.2 Å². The highest BCUT2D eigenvalue weighted by Gasteiger charge is 2.31. The molecule has 0 fully saturated rings. The van der Waals surface area contributed by atoms with Crippen molar-refractivity contribution in [2.45, 2.75) is 63.7 Å². The molecule has 5 unspecified atom stereocenters. The van der Waals surface area contributed by atoms with E-state index in [-0.39, 0.29) is 24.7 Å². The normalized spacial score (nSPS) is 15.2. The third-order valence-corrected chi connectivity index (χ3v) is 5.78. The van der Waals surface area contributed by atoms with E-state index < -0.39 is 54.5 Å². The van der Waals surface area contributed by atoms with E-state index in [4.69, 9.17) is 17.2 Å². The van der Waals surface area contributed by atoms with E-state index in [1.54, 1.807) is 13.8 Å². The van der Waals surface area contributed by atoms with Gasteiger partial charge in [0.15, 0.2) is 5.96 Å². The molecule has 0 saturated carbocycles. The van der Waals surface area contributed by atoms with Gasteiger partial charge in [0.05, 0.1) is 12.6 Å². The number of carboxylic acid groups (broad SMARTS) is 1. The van der Waals surface area contributed by atoms with Crippen LogP contribution in [0.25, 0.3) is 0 Å². The lowest BCUT2D eigenvalue weighted by atomic mass is 9.99. The summed E-state index contributed by atoms with van der Waals surface area (Å²) in [5, 5.41) is 26.3. The maximum absolute atomic E-state index is 12.8. The molecule has 0 saturated heterocycles. The van der Waals surface area contributed by atoms with Gasteiger partial charge in [-0.25, -0.2) is 4.79 Å². The second-order valence-corrected chi connectivity index (χ2v) is 8.84. The summed E-state index contributed by atoms with van der Waals surface area (Å²) in [6, 6.07) is -4.47. The van der Waals surface area contributed by atoms with E-state index >= 15 is 0 Å². The van der Waals surface area contributed by atoms with Crippen LogP contribution in [0, 0.1) is 5.92 Å². The fourth-order valence-electron chi connectivity index (χ4n) is 2.84. The molecule has 34 heavy (non-hydrogen) atoms. The first-order valence-electron chi connectivity index (χ1n) is 11.0. The van der Waals surface area contributed by atoms with Gasteiger partial charge in [0.25, 0.3) is 0 Å². The van der Waals surface area contributed by atoms with Crippen molar-refractivity contribution >= 4 is 41.4 Å². The maximum Gasteiger partial charge on any atom is 0.326 e. The summed E-state index contributed by atoms with van der Waals surface area (Å²) in [6.07, 6.45) is 3.33. The Morgan fingerprint density at radius 2 is 1.59 bits per heavy atom. The lowest BCUT2D eigenvalue weighted by Gasteiger charge is -2.25. The minimum Gasteiger partial charge on any atom is -0.480 e. The van der Waals surface area contributed by atoms with Crippen LogP contribution in [0.2, 0.25) is 0 Å². The van der Waals surface area contributed by atoms with E-state index in [0.29, 0.717) is 25.1 Å². The van der Waals surface area contributed by atoms with Crippen LogP contribution in [0.5, 0.6) is 0 Å². The van der Waals surface area contributed by atoms with E-state index in [2.05, 4.69) is 20.9 Å². The zero-order chi connectivity index (χ0) is 26.3. The van der Waals surface area contributed by atoms with Crippen molar-refractivity contribution < 1.29 is 29.4 Å². The fourth-order valence-corrected chi connectivity index (χ4v) is 3.31. The van der Waals surface area contributed by atoms with Crippen molar-refractivity contribution in [3.05, 3.63) is 0 Å². The number of carboxylic acids is 1. The molecule has 13 nitrogen and oxygen atoms in total. The van der Waals surface area contributed by atoms with E-state index in [0.717, 1.165) is 0 Å². The van der Waals surface area contributed by atoms with Gasteiger partial charge in [0.1, 0.15) is 18.1 Å². The standard InChI is InChI=1S/C20H39N7O6S/c1-4-11(2)15(19(32)33)27-18(31)14(10-28)26-17(30)13(7-9-34-3)25-16(29)12(21)6-5-8-24-20(22)23/h11-15,28H,4-10,21H2,1-3H3,(H,25,29)(H,26,30)(H,27,31)(H,32,33)(H4,22,23,24). The van der Waals surface area contributed by atoms with Crippen LogP contribution in [0.4, 0.5) is 0 Å². The molecule has 0 aromatic rings. The number of aliphatic carboxylic acids is 1. The number of hydrogen-bond acceptors (Lipinski definition) is 8. The summed E-state index contributed by atoms with van der Waals surface area (Å²) in [7, 11) is 0. The second-order valence-electron chi connectivity index (χ2n) is 7.85. The molecule has 5 atom stereocenters. The number of aliphatic hydroxyl groups is 1. The third kappa shape index (κ3) is 12.0. The number of aliphatic hydroxyl groups excluding tert-OH is 1. The zero-order valence-electron chi connectivity index (χ0n) is 20.0. The summed E-state index contributed by atoms with van der Waals surface area (Å²) < 4.78 is 0. The Kier molecular flexibility index (Phi) is 15.7. The van der Waals surface area contributed by atoms with Crippen LogP contribution < -0.4 is 33.2 Å². The molecule has 0 rings (SSSR count). The van der Waals surface area contributed by atoms with E-state index in [1.807, 2.05) is 6.26 Å². The molecule has 0 aliphatic rings. The molecule has 0 aliphatic heterocycles. The Morgan fingerprint density at radius 1 is 1.00 bits per heavy atom. The molecule has 196 valence electrons. The average Bonchev–Trinajstić information content (AvgIpc) is 2.79. The average molecular weight is 506 g/mol. The van der Waals surface area contributed by atoms with Crippen molar-refractivity contribution in [1.82, 2.24) is 16.0 Å². The van der Waals surface area contributed by atoms with Crippen molar-refractivity contribution in [3.63, 3.8) is 0 Å². The van der Waals surface area contributed by atoms with Gasteiger partial charge >= 0.3 is 5.97 Å². The molecular formula is C20H39N7O6S. The Bertz CT molecular complexity index is 705. The summed E-state index contributed by atoms with van der Waals surface area (Å²) in [5.41, 5.74) is 16.4. The smallest absolute Gasteiger partial charge is 0.326 e. The first-order valence-corrected chi connectivity index (χ1v) is 12.4. The predicted octanol–water partition coefficient (Wildman–Crippen LogP) is -2.30. The zero-order valence-corrected chi connectivity index (χ0v) is 20.8. The molecule has 0 bridgehead atoms. The Labute approximate surface area is 204 Å². The molecule has 0 aliphatic carbocycles. The van der Waals surface area contributed by atoms with Gasteiger partial charge in [-0.15, -0.1) is 0 Å². The summed E-state index contributed by atoms with van der Waals surface area (Å²) in [4.78, 5) is 53.1. The van der Waals surface area contributed by atoms with Gasteiger partial charge in [0.2, 0.25) is 17.7 Å². The highest BCUT2D eigenvalue weighted by Crippen LogP contribution is 2.09. The first kappa shape index (κ1) is 31.4. The number of hydrogen-bond donors (Lipinski definition) is 8. The number of rotatable bonds is 17. The van der Waals surface area contributed by atoms with Crippen molar-refractivity contribution in [2.24, 2.45) is 28.1 Å². The molecule has 0 heterocycles. The summed E-state index contributed by atoms with van der Waals surface area (Å²) in [6.45, 7) is 3.00. The van der Waals surface area contributed by atoms with Crippen LogP contribution in [0.3, 0.4) is 0 Å². The number of nitrogens with two attached hydrogens (primary N) is 3. The number of amides is 3.